The maximum Gasteiger partial charge on any atom is 0.335 e. The lowest BCUT2D eigenvalue weighted by atomic mass is 10.2. The number of benzene rings is 1. The minimum atomic E-state index is -1.04. The molecule has 0 spiro atoms. The molecule has 0 unspecified atom stereocenters. The van der Waals surface area contributed by atoms with Crippen LogP contribution in [0.25, 0.3) is 0 Å². The van der Waals surface area contributed by atoms with Crippen LogP contribution >= 0.6 is 0 Å². The van der Waals surface area contributed by atoms with Crippen molar-refractivity contribution in [2.24, 2.45) is 0 Å². The number of ether oxygens (including phenoxy) is 1. The third-order valence-electron chi connectivity index (χ3n) is 1.64. The van der Waals surface area contributed by atoms with Crippen molar-refractivity contribution in [2.75, 3.05) is 12.5 Å². The number of hydrogen-bond donors (Lipinski definition) is 4. The Bertz CT molecular complexity index is 340. The molecule has 1 aromatic rings. The van der Waals surface area contributed by atoms with Crippen LogP contribution in [-0.2, 0) is 0 Å². The van der Waals surface area contributed by atoms with E-state index in [1.54, 1.807) is 5.59 Å². The number of methoxy groups -OCH3 is 1. The Morgan fingerprint density at radius 3 is 2.71 bits per heavy atom. The van der Waals surface area contributed by atoms with Crippen LogP contribution in [0.15, 0.2) is 18.2 Å². The third kappa shape index (κ3) is 2.12. The van der Waals surface area contributed by atoms with E-state index in [1.165, 1.54) is 25.3 Å². The summed E-state index contributed by atoms with van der Waals surface area (Å²) in [6, 6.07) is 4.22. The lowest BCUT2D eigenvalue weighted by Crippen LogP contribution is -2.16. The molecule has 0 fully saturated rings. The molecule has 0 atom stereocenters. The first-order chi connectivity index (χ1) is 6.69. The Hall–Kier alpha value is -1.79. The number of aromatic carboxylic acids is 1. The number of hydrogen-bond acceptors (Lipinski definition) is 5. The summed E-state index contributed by atoms with van der Waals surface area (Å²) in [6.07, 6.45) is 0. The number of nitrogens with one attached hydrogen (secondary N) is 2. The van der Waals surface area contributed by atoms with Crippen molar-refractivity contribution in [1.82, 2.24) is 5.59 Å². The average molecular weight is 198 g/mol. The van der Waals surface area contributed by atoms with Crippen LogP contribution in [0, 0.1) is 0 Å². The molecule has 0 heterocycles. The van der Waals surface area contributed by atoms with E-state index in [-0.39, 0.29) is 5.56 Å². The third-order valence-corrected chi connectivity index (χ3v) is 1.64. The van der Waals surface area contributed by atoms with Crippen molar-refractivity contribution in [2.45, 2.75) is 0 Å². The van der Waals surface area contributed by atoms with Crippen molar-refractivity contribution in [3.63, 3.8) is 0 Å². The highest BCUT2D eigenvalue weighted by Crippen LogP contribution is 2.24. The quantitative estimate of drug-likeness (QED) is 0.532. The van der Waals surface area contributed by atoms with Crippen molar-refractivity contribution < 1.29 is 19.8 Å². The Kier molecular flexibility index (Phi) is 3.27. The summed E-state index contributed by atoms with van der Waals surface area (Å²) in [7, 11) is 1.41. The minimum Gasteiger partial charge on any atom is -0.495 e. The van der Waals surface area contributed by atoms with Crippen LogP contribution in [-0.4, -0.2) is 23.4 Å². The molecule has 0 radical (unpaired) electrons. The highest BCUT2D eigenvalue weighted by atomic mass is 16.5. The van der Waals surface area contributed by atoms with Gasteiger partial charge < -0.3 is 9.84 Å². The van der Waals surface area contributed by atoms with E-state index in [9.17, 15) is 4.79 Å². The molecule has 0 aliphatic heterocycles. The zero-order valence-corrected chi connectivity index (χ0v) is 7.44. The van der Waals surface area contributed by atoms with E-state index < -0.39 is 5.97 Å². The second-order valence-electron chi connectivity index (χ2n) is 2.46. The standard InChI is InChI=1S/C8H10N2O4/c1-14-7-4-5(8(11)12)2-3-6(7)9-10-13/h2-4,9-10,13H,1H3,(H,11,12). The smallest absolute Gasteiger partial charge is 0.335 e. The molecule has 0 bridgehead atoms. The fraction of sp³-hybridized carbons (Fsp3) is 0.125. The second kappa shape index (κ2) is 4.45. The zero-order valence-electron chi connectivity index (χ0n) is 7.44. The Labute approximate surface area is 80.0 Å². The molecule has 4 N–H and O–H groups in total. The van der Waals surface area contributed by atoms with E-state index in [2.05, 4.69) is 5.43 Å². The normalized spacial score (nSPS) is 9.57. The zero-order chi connectivity index (χ0) is 10.6. The first-order valence-corrected chi connectivity index (χ1v) is 3.75. The maximum atomic E-state index is 10.6. The Morgan fingerprint density at radius 1 is 1.50 bits per heavy atom. The molecule has 1 rings (SSSR count). The summed E-state index contributed by atoms with van der Waals surface area (Å²) >= 11 is 0. The van der Waals surface area contributed by atoms with Crippen LogP contribution in [0.4, 0.5) is 5.69 Å². The number of carboxylic acid groups (broad SMARTS) is 1. The SMILES string of the molecule is COc1cc(C(=O)O)ccc1NNO. The van der Waals surface area contributed by atoms with Gasteiger partial charge in [0.1, 0.15) is 5.75 Å². The van der Waals surface area contributed by atoms with E-state index in [0.717, 1.165) is 0 Å². The fourth-order valence-electron chi connectivity index (χ4n) is 0.988. The summed E-state index contributed by atoms with van der Waals surface area (Å²) in [5, 5.41) is 17.1. The molecule has 1 aromatic carbocycles. The number of anilines is 1. The van der Waals surface area contributed by atoms with Gasteiger partial charge in [0.05, 0.1) is 18.4 Å². The molecule has 14 heavy (non-hydrogen) atoms. The largest absolute Gasteiger partial charge is 0.495 e. The summed E-state index contributed by atoms with van der Waals surface area (Å²) in [4.78, 5) is 10.6. The van der Waals surface area contributed by atoms with Gasteiger partial charge in [-0.2, -0.15) is 0 Å². The van der Waals surface area contributed by atoms with E-state index >= 15 is 0 Å². The van der Waals surface area contributed by atoms with Gasteiger partial charge in [-0.25, -0.2) is 4.79 Å². The number of rotatable bonds is 4. The van der Waals surface area contributed by atoms with Crippen LogP contribution in [0.5, 0.6) is 5.75 Å². The summed E-state index contributed by atoms with van der Waals surface area (Å²) in [5.41, 5.74) is 4.67. The molecular weight excluding hydrogens is 188 g/mol. The predicted octanol–water partition coefficient (Wildman–Crippen LogP) is 0.699. The van der Waals surface area contributed by atoms with Crippen LogP contribution in [0.3, 0.4) is 0 Å². The average Bonchev–Trinajstić information content (AvgIpc) is 2.18. The van der Waals surface area contributed by atoms with Crippen LogP contribution < -0.4 is 15.8 Å². The predicted molar refractivity (Wildman–Crippen MR) is 48.5 cm³/mol. The topological polar surface area (TPSA) is 90.8 Å². The molecule has 0 saturated heterocycles. The molecule has 0 aliphatic rings. The first-order valence-electron chi connectivity index (χ1n) is 3.75. The Morgan fingerprint density at radius 2 is 2.21 bits per heavy atom. The lowest BCUT2D eigenvalue weighted by Gasteiger charge is -2.09. The molecule has 76 valence electrons. The molecule has 0 saturated carbocycles. The molecule has 0 amide bonds. The first kappa shape index (κ1) is 10.3. The fourth-order valence-corrected chi connectivity index (χ4v) is 0.988. The summed E-state index contributed by atoms with van der Waals surface area (Å²) < 4.78 is 4.91. The van der Waals surface area contributed by atoms with Crippen LogP contribution in [0.2, 0.25) is 0 Å². The van der Waals surface area contributed by atoms with Gasteiger partial charge in [0, 0.05) is 0 Å². The van der Waals surface area contributed by atoms with Gasteiger partial charge in [-0.1, -0.05) is 0 Å². The van der Waals surface area contributed by atoms with Gasteiger partial charge in [-0.3, -0.25) is 10.6 Å². The van der Waals surface area contributed by atoms with Crippen molar-refractivity contribution in [3.8, 4) is 5.75 Å². The highest BCUT2D eigenvalue weighted by Gasteiger charge is 2.07. The molecule has 6 nitrogen and oxygen atoms in total. The van der Waals surface area contributed by atoms with E-state index in [0.29, 0.717) is 11.4 Å². The van der Waals surface area contributed by atoms with Gasteiger partial charge in [0.2, 0.25) is 0 Å². The van der Waals surface area contributed by atoms with E-state index in [4.69, 9.17) is 15.1 Å². The maximum absolute atomic E-state index is 10.6. The van der Waals surface area contributed by atoms with Gasteiger partial charge >= 0.3 is 5.97 Å². The number of hydrazine groups is 1. The molecule has 6 heteroatoms. The van der Waals surface area contributed by atoms with Gasteiger partial charge in [-0.05, 0) is 18.2 Å². The van der Waals surface area contributed by atoms with Crippen molar-refractivity contribution >= 4 is 11.7 Å². The van der Waals surface area contributed by atoms with Gasteiger partial charge in [-0.15, -0.1) is 5.59 Å². The molecular formula is C8H10N2O4. The Balaban J connectivity index is 3.04. The second-order valence-corrected chi connectivity index (χ2v) is 2.46. The summed E-state index contributed by atoms with van der Waals surface area (Å²) in [6.45, 7) is 0. The lowest BCUT2D eigenvalue weighted by molar-refractivity contribution is 0.0696. The monoisotopic (exact) mass is 198 g/mol. The highest BCUT2D eigenvalue weighted by molar-refractivity contribution is 5.89. The minimum absolute atomic E-state index is 0.116. The van der Waals surface area contributed by atoms with Crippen molar-refractivity contribution in [1.29, 1.82) is 0 Å². The van der Waals surface area contributed by atoms with Crippen LogP contribution in [0.1, 0.15) is 10.4 Å². The van der Waals surface area contributed by atoms with Gasteiger partial charge in [0.25, 0.3) is 0 Å². The van der Waals surface area contributed by atoms with E-state index in [1.807, 2.05) is 0 Å². The molecule has 0 aliphatic carbocycles. The molecule has 0 aromatic heterocycles. The van der Waals surface area contributed by atoms with Crippen molar-refractivity contribution in [3.05, 3.63) is 23.8 Å². The number of carbonyl (C=O) groups is 1. The number of carboxylic acids is 1. The van der Waals surface area contributed by atoms with Gasteiger partial charge in [0.15, 0.2) is 0 Å². The summed E-state index contributed by atoms with van der Waals surface area (Å²) in [5.74, 6) is -0.710.